The van der Waals surface area contributed by atoms with Gasteiger partial charge < -0.3 is 0 Å². The standard InChI is InChI=1S/C16H30/c1-6-9-11-16(10-7-2)13-12-15(5)14(4)8-3/h11H,6-10,12-13H2,1-5H3. The van der Waals surface area contributed by atoms with Crippen LogP contribution < -0.4 is 0 Å². The predicted molar refractivity (Wildman–Crippen MR) is 75.8 cm³/mol. The first kappa shape index (κ1) is 15.5. The molecule has 0 heteroatoms. The van der Waals surface area contributed by atoms with Gasteiger partial charge in [0.2, 0.25) is 0 Å². The van der Waals surface area contributed by atoms with E-state index in [4.69, 9.17) is 0 Å². The molecular weight excluding hydrogens is 192 g/mol. The van der Waals surface area contributed by atoms with Gasteiger partial charge in [-0.15, -0.1) is 0 Å². The van der Waals surface area contributed by atoms with Crippen molar-refractivity contribution in [2.75, 3.05) is 0 Å². The van der Waals surface area contributed by atoms with E-state index in [1.807, 2.05) is 0 Å². The van der Waals surface area contributed by atoms with Crippen LogP contribution >= 0.6 is 0 Å². The number of allylic oxidation sites excluding steroid dienone is 4. The van der Waals surface area contributed by atoms with Crippen LogP contribution in [0.1, 0.15) is 79.6 Å². The zero-order valence-electron chi connectivity index (χ0n) is 12.0. The van der Waals surface area contributed by atoms with Crippen LogP contribution in [0.15, 0.2) is 22.8 Å². The van der Waals surface area contributed by atoms with Crippen molar-refractivity contribution in [1.29, 1.82) is 0 Å². The van der Waals surface area contributed by atoms with E-state index >= 15 is 0 Å². The lowest BCUT2D eigenvalue weighted by Crippen LogP contribution is -1.89. The summed E-state index contributed by atoms with van der Waals surface area (Å²) in [6, 6.07) is 0. The Morgan fingerprint density at radius 1 is 0.812 bits per heavy atom. The van der Waals surface area contributed by atoms with E-state index in [0.717, 1.165) is 0 Å². The molecular formula is C16H30. The maximum atomic E-state index is 2.47. The number of hydrogen-bond donors (Lipinski definition) is 0. The Kier molecular flexibility index (Phi) is 9.37. The van der Waals surface area contributed by atoms with Crippen LogP contribution in [0, 0.1) is 0 Å². The van der Waals surface area contributed by atoms with Crippen molar-refractivity contribution < 1.29 is 0 Å². The van der Waals surface area contributed by atoms with Gasteiger partial charge in [-0.05, 0) is 46.0 Å². The van der Waals surface area contributed by atoms with Crippen LogP contribution in [0.5, 0.6) is 0 Å². The van der Waals surface area contributed by atoms with Gasteiger partial charge in [-0.1, -0.05) is 56.4 Å². The fraction of sp³-hybridized carbons (Fsp3) is 0.750. The molecule has 0 heterocycles. The molecule has 0 fully saturated rings. The lowest BCUT2D eigenvalue weighted by Gasteiger charge is -2.09. The lowest BCUT2D eigenvalue weighted by molar-refractivity contribution is 0.789. The van der Waals surface area contributed by atoms with Gasteiger partial charge in [-0.3, -0.25) is 0 Å². The zero-order valence-corrected chi connectivity index (χ0v) is 12.0. The molecule has 0 aromatic heterocycles. The second kappa shape index (κ2) is 9.69. The fourth-order valence-corrected chi connectivity index (χ4v) is 1.86. The Labute approximate surface area is 103 Å². The minimum atomic E-state index is 1.20. The van der Waals surface area contributed by atoms with Crippen LogP contribution in [0.25, 0.3) is 0 Å². The number of hydrogen-bond acceptors (Lipinski definition) is 0. The monoisotopic (exact) mass is 222 g/mol. The van der Waals surface area contributed by atoms with Crippen LogP contribution in [-0.2, 0) is 0 Å². The summed E-state index contributed by atoms with van der Waals surface area (Å²) >= 11 is 0. The third kappa shape index (κ3) is 6.87. The summed E-state index contributed by atoms with van der Waals surface area (Å²) in [6.45, 7) is 11.3. The van der Waals surface area contributed by atoms with Crippen LogP contribution in [-0.4, -0.2) is 0 Å². The topological polar surface area (TPSA) is 0 Å². The van der Waals surface area contributed by atoms with E-state index in [-0.39, 0.29) is 0 Å². The van der Waals surface area contributed by atoms with E-state index in [2.05, 4.69) is 40.7 Å². The van der Waals surface area contributed by atoms with Crippen molar-refractivity contribution in [2.45, 2.75) is 79.6 Å². The Balaban J connectivity index is 4.21. The van der Waals surface area contributed by atoms with Crippen molar-refractivity contribution in [3.8, 4) is 0 Å². The van der Waals surface area contributed by atoms with Crippen LogP contribution in [0.3, 0.4) is 0 Å². The zero-order chi connectivity index (χ0) is 12.4. The van der Waals surface area contributed by atoms with E-state index in [9.17, 15) is 0 Å². The normalized spacial score (nSPS) is 13.9. The summed E-state index contributed by atoms with van der Waals surface area (Å²) in [5.41, 5.74) is 4.85. The lowest BCUT2D eigenvalue weighted by atomic mass is 9.97. The maximum Gasteiger partial charge on any atom is -0.0283 e. The molecule has 0 spiro atoms. The highest BCUT2D eigenvalue weighted by Gasteiger charge is 1.99. The molecule has 16 heavy (non-hydrogen) atoms. The first-order valence-corrected chi connectivity index (χ1v) is 6.98. The Bertz CT molecular complexity index is 230. The minimum absolute atomic E-state index is 1.20. The molecule has 0 aliphatic carbocycles. The molecule has 0 atom stereocenters. The first-order valence-electron chi connectivity index (χ1n) is 6.98. The highest BCUT2D eigenvalue weighted by Crippen LogP contribution is 2.20. The Morgan fingerprint density at radius 3 is 2.00 bits per heavy atom. The summed E-state index contributed by atoms with van der Waals surface area (Å²) in [4.78, 5) is 0. The third-order valence-corrected chi connectivity index (χ3v) is 3.37. The van der Waals surface area contributed by atoms with Crippen LogP contribution in [0.4, 0.5) is 0 Å². The molecule has 0 amide bonds. The summed E-state index contributed by atoms with van der Waals surface area (Å²) < 4.78 is 0. The molecule has 0 saturated carbocycles. The van der Waals surface area contributed by atoms with Gasteiger partial charge in [0.15, 0.2) is 0 Å². The van der Waals surface area contributed by atoms with Crippen molar-refractivity contribution in [3.63, 3.8) is 0 Å². The molecule has 0 aromatic rings. The van der Waals surface area contributed by atoms with Crippen molar-refractivity contribution in [1.82, 2.24) is 0 Å². The third-order valence-electron chi connectivity index (χ3n) is 3.37. The fourth-order valence-electron chi connectivity index (χ4n) is 1.86. The van der Waals surface area contributed by atoms with Gasteiger partial charge in [0.05, 0.1) is 0 Å². The van der Waals surface area contributed by atoms with E-state index < -0.39 is 0 Å². The molecule has 0 aliphatic heterocycles. The molecule has 0 rings (SSSR count). The first-order chi connectivity index (χ1) is 7.65. The molecule has 0 bridgehead atoms. The highest BCUT2D eigenvalue weighted by atomic mass is 14.1. The molecule has 0 saturated heterocycles. The minimum Gasteiger partial charge on any atom is -0.0853 e. The van der Waals surface area contributed by atoms with Gasteiger partial charge in [-0.2, -0.15) is 0 Å². The SMILES string of the molecule is CCCC=C(CCC)CCC(C)=C(C)CC. The second-order valence-electron chi connectivity index (χ2n) is 4.82. The largest absolute Gasteiger partial charge is 0.0853 e. The molecule has 94 valence electrons. The Hall–Kier alpha value is -0.520. The summed E-state index contributed by atoms with van der Waals surface area (Å²) in [6.07, 6.45) is 11.3. The molecule has 0 aromatic carbocycles. The van der Waals surface area contributed by atoms with E-state index in [0.29, 0.717) is 0 Å². The molecule has 0 radical (unpaired) electrons. The summed E-state index contributed by atoms with van der Waals surface area (Å²) in [7, 11) is 0. The second-order valence-corrected chi connectivity index (χ2v) is 4.82. The van der Waals surface area contributed by atoms with Crippen molar-refractivity contribution >= 4 is 0 Å². The highest BCUT2D eigenvalue weighted by molar-refractivity contribution is 5.12. The Morgan fingerprint density at radius 2 is 1.50 bits per heavy atom. The number of rotatable bonds is 8. The summed E-state index contributed by atoms with van der Waals surface area (Å²) in [5.74, 6) is 0. The quantitative estimate of drug-likeness (QED) is 0.439. The number of unbranched alkanes of at least 4 members (excludes halogenated alkanes) is 1. The van der Waals surface area contributed by atoms with Gasteiger partial charge in [0.1, 0.15) is 0 Å². The smallest absolute Gasteiger partial charge is 0.0283 e. The summed E-state index contributed by atoms with van der Waals surface area (Å²) in [5, 5.41) is 0. The van der Waals surface area contributed by atoms with Crippen LogP contribution in [0.2, 0.25) is 0 Å². The molecule has 0 N–H and O–H groups in total. The van der Waals surface area contributed by atoms with Gasteiger partial charge >= 0.3 is 0 Å². The van der Waals surface area contributed by atoms with E-state index in [1.165, 1.54) is 44.9 Å². The van der Waals surface area contributed by atoms with E-state index in [1.54, 1.807) is 16.7 Å². The average molecular weight is 222 g/mol. The molecule has 0 nitrogen and oxygen atoms in total. The van der Waals surface area contributed by atoms with Gasteiger partial charge in [-0.25, -0.2) is 0 Å². The van der Waals surface area contributed by atoms with Crippen molar-refractivity contribution in [2.24, 2.45) is 0 Å². The molecule has 0 unspecified atom stereocenters. The van der Waals surface area contributed by atoms with Gasteiger partial charge in [0, 0.05) is 0 Å². The van der Waals surface area contributed by atoms with Crippen molar-refractivity contribution in [3.05, 3.63) is 22.8 Å². The maximum absolute atomic E-state index is 2.47. The van der Waals surface area contributed by atoms with Gasteiger partial charge in [0.25, 0.3) is 0 Å². The predicted octanol–water partition coefficient (Wildman–Crippen LogP) is 6.04. The molecule has 0 aliphatic rings. The average Bonchev–Trinajstić information content (AvgIpc) is 2.31.